The molecule has 2 aromatic carbocycles. The fourth-order valence-corrected chi connectivity index (χ4v) is 1.90. The number of phenolic OH excluding ortho intramolecular Hbond substituents is 1. The van der Waals surface area contributed by atoms with Gasteiger partial charge in [-0.15, -0.1) is 0 Å². The number of aromatic hydroxyl groups is 1. The molecule has 0 aliphatic carbocycles. The van der Waals surface area contributed by atoms with Crippen molar-refractivity contribution in [2.75, 3.05) is 0 Å². The highest BCUT2D eigenvalue weighted by Crippen LogP contribution is 2.28. The Kier molecular flexibility index (Phi) is 2.92. The summed E-state index contributed by atoms with van der Waals surface area (Å²) in [5.74, 6) is -1.73. The third kappa shape index (κ3) is 2.22. The molecular weight excluding hydrogens is 278 g/mol. The van der Waals surface area contributed by atoms with Gasteiger partial charge in [-0.3, -0.25) is 0 Å². The highest BCUT2D eigenvalue weighted by atomic mass is 79.9. The zero-order valence-electron chi connectivity index (χ0n) is 8.05. The van der Waals surface area contributed by atoms with Crippen molar-refractivity contribution < 1.29 is 13.9 Å². The van der Waals surface area contributed by atoms with E-state index >= 15 is 0 Å². The summed E-state index contributed by atoms with van der Waals surface area (Å²) < 4.78 is 26.4. The molecule has 0 aliphatic heterocycles. The van der Waals surface area contributed by atoms with Gasteiger partial charge in [0.2, 0.25) is 0 Å². The van der Waals surface area contributed by atoms with Crippen LogP contribution in [-0.2, 0) is 0 Å². The third-order valence-electron chi connectivity index (χ3n) is 2.14. The van der Waals surface area contributed by atoms with E-state index in [1.807, 2.05) is 0 Å². The lowest BCUT2D eigenvalue weighted by Gasteiger charge is -2.04. The number of halogens is 3. The molecule has 0 aliphatic rings. The fourth-order valence-electron chi connectivity index (χ4n) is 1.42. The molecule has 4 heteroatoms. The minimum absolute atomic E-state index is 0.0640. The fraction of sp³-hybridized carbons (Fsp3) is 0. The van der Waals surface area contributed by atoms with Crippen molar-refractivity contribution in [1.82, 2.24) is 0 Å². The van der Waals surface area contributed by atoms with Crippen LogP contribution in [0.15, 0.2) is 40.9 Å². The molecule has 82 valence electrons. The third-order valence-corrected chi connectivity index (χ3v) is 2.59. The highest BCUT2D eigenvalue weighted by Gasteiger charge is 2.06. The van der Waals surface area contributed by atoms with Crippen LogP contribution in [-0.4, -0.2) is 5.11 Å². The first-order valence-electron chi connectivity index (χ1n) is 4.51. The van der Waals surface area contributed by atoms with Crippen LogP contribution < -0.4 is 0 Å². The van der Waals surface area contributed by atoms with Gasteiger partial charge in [0.05, 0.1) is 0 Å². The molecule has 2 aromatic rings. The number of hydrogen-bond acceptors (Lipinski definition) is 1. The first-order chi connectivity index (χ1) is 7.56. The van der Waals surface area contributed by atoms with Crippen LogP contribution in [0.1, 0.15) is 0 Å². The summed E-state index contributed by atoms with van der Waals surface area (Å²) in [7, 11) is 0. The average Bonchev–Trinajstić information content (AvgIpc) is 2.20. The predicted molar refractivity (Wildman–Crippen MR) is 61.2 cm³/mol. The molecule has 2 rings (SSSR count). The molecule has 1 nitrogen and oxygen atoms in total. The molecule has 1 N–H and O–H groups in total. The van der Waals surface area contributed by atoms with Gasteiger partial charge in [0, 0.05) is 4.47 Å². The average molecular weight is 285 g/mol. The van der Waals surface area contributed by atoms with Gasteiger partial charge < -0.3 is 5.11 Å². The molecule has 0 heterocycles. The van der Waals surface area contributed by atoms with Crippen molar-refractivity contribution >= 4 is 15.9 Å². The molecule has 0 saturated heterocycles. The summed E-state index contributed by atoms with van der Waals surface area (Å²) in [4.78, 5) is 0. The van der Waals surface area contributed by atoms with Crippen LogP contribution >= 0.6 is 15.9 Å². The summed E-state index contributed by atoms with van der Waals surface area (Å²) in [6.45, 7) is 0. The number of rotatable bonds is 1. The van der Waals surface area contributed by atoms with Gasteiger partial charge in [-0.25, -0.2) is 8.78 Å². The molecule has 16 heavy (non-hydrogen) atoms. The topological polar surface area (TPSA) is 20.2 Å². The minimum Gasteiger partial charge on any atom is -0.508 e. The maximum atomic E-state index is 13.0. The number of hydrogen-bond donors (Lipinski definition) is 1. The number of phenols is 1. The maximum absolute atomic E-state index is 13.0. The Morgan fingerprint density at radius 1 is 0.875 bits per heavy atom. The first kappa shape index (κ1) is 11.1. The van der Waals surface area contributed by atoms with E-state index in [9.17, 15) is 13.9 Å². The summed E-state index contributed by atoms with van der Waals surface area (Å²) in [5, 5.41) is 9.38. The largest absolute Gasteiger partial charge is 0.508 e. The molecule has 0 saturated carbocycles. The van der Waals surface area contributed by atoms with E-state index < -0.39 is 11.6 Å². The van der Waals surface area contributed by atoms with Gasteiger partial charge in [0.15, 0.2) is 11.6 Å². The van der Waals surface area contributed by atoms with E-state index in [4.69, 9.17) is 0 Å². The van der Waals surface area contributed by atoms with Crippen LogP contribution in [0.4, 0.5) is 8.78 Å². The Balaban J connectivity index is 2.54. The SMILES string of the molecule is Oc1cc(Br)cc(-c2ccc(F)c(F)c2)c1. The van der Waals surface area contributed by atoms with Gasteiger partial charge >= 0.3 is 0 Å². The normalized spacial score (nSPS) is 10.4. The molecule has 0 atom stereocenters. The summed E-state index contributed by atoms with van der Waals surface area (Å²) in [6.07, 6.45) is 0. The van der Waals surface area contributed by atoms with Gasteiger partial charge in [0.1, 0.15) is 5.75 Å². The van der Waals surface area contributed by atoms with Crippen LogP contribution in [0.5, 0.6) is 5.75 Å². The van der Waals surface area contributed by atoms with Gasteiger partial charge in [-0.2, -0.15) is 0 Å². The van der Waals surface area contributed by atoms with E-state index in [0.29, 0.717) is 15.6 Å². The quantitative estimate of drug-likeness (QED) is 0.836. The van der Waals surface area contributed by atoms with E-state index in [1.165, 1.54) is 18.2 Å². The van der Waals surface area contributed by atoms with Crippen LogP contribution in [0, 0.1) is 11.6 Å². The van der Waals surface area contributed by atoms with Gasteiger partial charge in [0.25, 0.3) is 0 Å². The van der Waals surface area contributed by atoms with Gasteiger partial charge in [-0.1, -0.05) is 22.0 Å². The van der Waals surface area contributed by atoms with Gasteiger partial charge in [-0.05, 0) is 41.5 Å². The van der Waals surface area contributed by atoms with Crippen molar-refractivity contribution in [2.45, 2.75) is 0 Å². The Hall–Kier alpha value is -1.42. The number of benzene rings is 2. The summed E-state index contributed by atoms with van der Waals surface area (Å²) >= 11 is 3.22. The standard InChI is InChI=1S/C12H7BrF2O/c13-9-3-8(4-10(16)6-9)7-1-2-11(14)12(15)5-7/h1-6,16H. The molecular formula is C12H7BrF2O. The van der Waals surface area contributed by atoms with Crippen molar-refractivity contribution in [3.8, 4) is 16.9 Å². The molecule has 0 amide bonds. The Morgan fingerprint density at radius 2 is 1.62 bits per heavy atom. The summed E-state index contributed by atoms with van der Waals surface area (Å²) in [5.41, 5.74) is 1.13. The zero-order valence-corrected chi connectivity index (χ0v) is 9.63. The van der Waals surface area contributed by atoms with Crippen LogP contribution in [0.2, 0.25) is 0 Å². The monoisotopic (exact) mass is 284 g/mol. The lowest BCUT2D eigenvalue weighted by Crippen LogP contribution is -1.85. The second kappa shape index (κ2) is 4.22. The lowest BCUT2D eigenvalue weighted by atomic mass is 10.1. The van der Waals surface area contributed by atoms with E-state index in [-0.39, 0.29) is 5.75 Å². The molecule has 0 aromatic heterocycles. The Morgan fingerprint density at radius 3 is 2.25 bits per heavy atom. The van der Waals surface area contributed by atoms with Crippen molar-refractivity contribution in [2.24, 2.45) is 0 Å². The molecule has 0 unspecified atom stereocenters. The van der Waals surface area contributed by atoms with Crippen molar-refractivity contribution in [1.29, 1.82) is 0 Å². The van der Waals surface area contributed by atoms with Crippen molar-refractivity contribution in [3.63, 3.8) is 0 Å². The second-order valence-electron chi connectivity index (χ2n) is 3.33. The first-order valence-corrected chi connectivity index (χ1v) is 5.30. The van der Waals surface area contributed by atoms with E-state index in [0.717, 1.165) is 12.1 Å². The minimum atomic E-state index is -0.906. The Bertz CT molecular complexity index is 520. The van der Waals surface area contributed by atoms with Crippen LogP contribution in [0.3, 0.4) is 0 Å². The maximum Gasteiger partial charge on any atom is 0.159 e. The van der Waals surface area contributed by atoms with Crippen molar-refractivity contribution in [3.05, 3.63) is 52.5 Å². The molecule has 0 fully saturated rings. The predicted octanol–water partition coefficient (Wildman–Crippen LogP) is 4.10. The smallest absolute Gasteiger partial charge is 0.159 e. The molecule has 0 radical (unpaired) electrons. The molecule has 0 spiro atoms. The van der Waals surface area contributed by atoms with E-state index in [1.54, 1.807) is 6.07 Å². The van der Waals surface area contributed by atoms with Crippen LogP contribution in [0.25, 0.3) is 11.1 Å². The van der Waals surface area contributed by atoms with E-state index in [2.05, 4.69) is 15.9 Å². The zero-order chi connectivity index (χ0) is 11.7. The molecule has 0 bridgehead atoms. The second-order valence-corrected chi connectivity index (χ2v) is 4.24. The summed E-state index contributed by atoms with van der Waals surface area (Å²) in [6, 6.07) is 8.33. The Labute approximate surface area is 99.5 Å². The highest BCUT2D eigenvalue weighted by molar-refractivity contribution is 9.10. The lowest BCUT2D eigenvalue weighted by molar-refractivity contribution is 0.475.